The van der Waals surface area contributed by atoms with Crippen LogP contribution in [-0.4, -0.2) is 29.4 Å². The average Bonchev–Trinajstić information content (AvgIpc) is 3.03. The Bertz CT molecular complexity index is 1030. The van der Waals surface area contributed by atoms with Gasteiger partial charge < -0.3 is 5.32 Å². The Balaban J connectivity index is 1.88. The first-order chi connectivity index (χ1) is 11.8. The van der Waals surface area contributed by atoms with E-state index in [4.69, 9.17) is 0 Å². The van der Waals surface area contributed by atoms with Gasteiger partial charge in [0.25, 0.3) is 5.69 Å². The molecular weight excluding hydrogens is 344 g/mol. The standard InChI is InChI=1S/C16H14N4O4S/c1-25(23,24)16-5-3-2-4-15(16)19-11-13(10-17-19)18-12-6-8-14(9-7-12)20(21)22/h2-11,18H,1H3. The Labute approximate surface area is 143 Å². The SMILES string of the molecule is CS(=O)(=O)c1ccccc1-n1cc(Nc2ccc([N+](=O)[O-])cc2)cn1. The molecule has 0 aliphatic carbocycles. The van der Waals surface area contributed by atoms with Gasteiger partial charge >= 0.3 is 0 Å². The third-order valence-electron chi connectivity index (χ3n) is 3.46. The second kappa shape index (κ2) is 6.36. The first kappa shape index (κ1) is 16.7. The van der Waals surface area contributed by atoms with Crippen LogP contribution in [0.25, 0.3) is 5.69 Å². The number of nitrogens with one attached hydrogen (secondary N) is 1. The summed E-state index contributed by atoms with van der Waals surface area (Å²) in [5.41, 5.74) is 1.73. The molecule has 0 saturated heterocycles. The molecule has 0 bridgehead atoms. The molecule has 3 aromatic rings. The lowest BCUT2D eigenvalue weighted by Gasteiger charge is -2.07. The van der Waals surface area contributed by atoms with Crippen LogP contribution in [0.4, 0.5) is 17.1 Å². The predicted molar refractivity (Wildman–Crippen MR) is 93.1 cm³/mol. The van der Waals surface area contributed by atoms with Crippen molar-refractivity contribution in [2.75, 3.05) is 11.6 Å². The molecule has 0 fully saturated rings. The van der Waals surface area contributed by atoms with Crippen LogP contribution in [-0.2, 0) is 9.84 Å². The van der Waals surface area contributed by atoms with Gasteiger partial charge in [-0.3, -0.25) is 10.1 Å². The van der Waals surface area contributed by atoms with Crippen LogP contribution < -0.4 is 5.32 Å². The molecule has 3 rings (SSSR count). The van der Waals surface area contributed by atoms with E-state index in [2.05, 4.69) is 10.4 Å². The van der Waals surface area contributed by atoms with Gasteiger partial charge in [-0.05, 0) is 24.3 Å². The number of para-hydroxylation sites is 1. The second-order valence-electron chi connectivity index (χ2n) is 5.34. The van der Waals surface area contributed by atoms with Gasteiger partial charge in [0.2, 0.25) is 0 Å². The Kier molecular flexibility index (Phi) is 4.24. The van der Waals surface area contributed by atoms with Crippen LogP contribution in [0, 0.1) is 10.1 Å². The Hall–Kier alpha value is -3.20. The molecule has 128 valence electrons. The van der Waals surface area contributed by atoms with Crippen molar-refractivity contribution in [3.05, 3.63) is 71.0 Å². The highest BCUT2D eigenvalue weighted by Gasteiger charge is 2.14. The van der Waals surface area contributed by atoms with E-state index in [0.29, 0.717) is 17.1 Å². The Morgan fingerprint density at radius 2 is 1.76 bits per heavy atom. The summed E-state index contributed by atoms with van der Waals surface area (Å²) in [7, 11) is -3.39. The smallest absolute Gasteiger partial charge is 0.269 e. The summed E-state index contributed by atoms with van der Waals surface area (Å²) < 4.78 is 25.3. The van der Waals surface area contributed by atoms with E-state index in [-0.39, 0.29) is 10.6 Å². The van der Waals surface area contributed by atoms with Crippen molar-refractivity contribution in [1.82, 2.24) is 9.78 Å². The molecule has 1 heterocycles. The Morgan fingerprint density at radius 1 is 1.08 bits per heavy atom. The fraction of sp³-hybridized carbons (Fsp3) is 0.0625. The van der Waals surface area contributed by atoms with Gasteiger partial charge in [0.15, 0.2) is 9.84 Å². The zero-order chi connectivity index (χ0) is 18.0. The summed E-state index contributed by atoms with van der Waals surface area (Å²) in [4.78, 5) is 10.4. The van der Waals surface area contributed by atoms with Crippen LogP contribution in [0.15, 0.2) is 65.8 Å². The molecule has 9 heteroatoms. The van der Waals surface area contributed by atoms with E-state index in [9.17, 15) is 18.5 Å². The molecule has 0 spiro atoms. The minimum absolute atomic E-state index is 0.00308. The lowest BCUT2D eigenvalue weighted by Crippen LogP contribution is -2.05. The first-order valence-corrected chi connectivity index (χ1v) is 9.09. The van der Waals surface area contributed by atoms with Gasteiger partial charge in [-0.15, -0.1) is 0 Å². The highest BCUT2D eigenvalue weighted by atomic mass is 32.2. The molecule has 2 aromatic carbocycles. The summed E-state index contributed by atoms with van der Waals surface area (Å²) >= 11 is 0. The number of rotatable bonds is 5. The van der Waals surface area contributed by atoms with Crippen molar-refractivity contribution in [2.24, 2.45) is 0 Å². The van der Waals surface area contributed by atoms with Crippen molar-refractivity contribution in [1.29, 1.82) is 0 Å². The fourth-order valence-electron chi connectivity index (χ4n) is 2.31. The fourth-order valence-corrected chi connectivity index (χ4v) is 3.18. The van der Waals surface area contributed by atoms with E-state index in [0.717, 1.165) is 6.26 Å². The van der Waals surface area contributed by atoms with Gasteiger partial charge in [0.05, 0.1) is 33.6 Å². The lowest BCUT2D eigenvalue weighted by atomic mass is 10.3. The van der Waals surface area contributed by atoms with Gasteiger partial charge in [-0.1, -0.05) is 12.1 Å². The number of aromatic nitrogens is 2. The number of benzene rings is 2. The van der Waals surface area contributed by atoms with Gasteiger partial charge in [0, 0.05) is 24.1 Å². The minimum atomic E-state index is -3.39. The summed E-state index contributed by atoms with van der Waals surface area (Å²) in [6.07, 6.45) is 4.33. The van der Waals surface area contributed by atoms with E-state index in [1.165, 1.54) is 22.9 Å². The number of hydrogen-bond donors (Lipinski definition) is 1. The molecular formula is C16H14N4O4S. The van der Waals surface area contributed by atoms with E-state index < -0.39 is 14.8 Å². The van der Waals surface area contributed by atoms with Crippen LogP contribution in [0.5, 0.6) is 0 Å². The lowest BCUT2D eigenvalue weighted by molar-refractivity contribution is -0.384. The number of hydrogen-bond acceptors (Lipinski definition) is 6. The highest BCUT2D eigenvalue weighted by Crippen LogP contribution is 2.23. The van der Waals surface area contributed by atoms with Crippen LogP contribution >= 0.6 is 0 Å². The zero-order valence-corrected chi connectivity index (χ0v) is 14.0. The summed E-state index contributed by atoms with van der Waals surface area (Å²) in [6, 6.07) is 12.5. The van der Waals surface area contributed by atoms with Crippen LogP contribution in [0.2, 0.25) is 0 Å². The first-order valence-electron chi connectivity index (χ1n) is 7.20. The zero-order valence-electron chi connectivity index (χ0n) is 13.2. The molecule has 0 aliphatic rings. The molecule has 1 N–H and O–H groups in total. The topological polar surface area (TPSA) is 107 Å². The normalized spacial score (nSPS) is 11.2. The summed E-state index contributed by atoms with van der Waals surface area (Å²) in [5.74, 6) is 0. The number of nitro groups is 1. The van der Waals surface area contributed by atoms with Crippen molar-refractivity contribution in [3.63, 3.8) is 0 Å². The average molecular weight is 358 g/mol. The molecule has 8 nitrogen and oxygen atoms in total. The van der Waals surface area contributed by atoms with E-state index in [1.807, 2.05) is 0 Å². The number of non-ortho nitro benzene ring substituents is 1. The molecule has 25 heavy (non-hydrogen) atoms. The number of anilines is 2. The van der Waals surface area contributed by atoms with Crippen LogP contribution in [0.3, 0.4) is 0 Å². The molecule has 0 aliphatic heterocycles. The van der Waals surface area contributed by atoms with Gasteiger partial charge in [0.1, 0.15) is 0 Å². The van der Waals surface area contributed by atoms with E-state index in [1.54, 1.807) is 42.7 Å². The van der Waals surface area contributed by atoms with Crippen molar-refractivity contribution in [3.8, 4) is 5.69 Å². The largest absolute Gasteiger partial charge is 0.353 e. The highest BCUT2D eigenvalue weighted by molar-refractivity contribution is 7.90. The molecule has 0 unspecified atom stereocenters. The third kappa shape index (κ3) is 3.66. The Morgan fingerprint density at radius 3 is 2.40 bits per heavy atom. The van der Waals surface area contributed by atoms with Crippen molar-refractivity contribution >= 4 is 26.9 Å². The minimum Gasteiger partial charge on any atom is -0.353 e. The van der Waals surface area contributed by atoms with Gasteiger partial charge in [-0.2, -0.15) is 5.10 Å². The monoisotopic (exact) mass is 358 g/mol. The quantitative estimate of drug-likeness (QED) is 0.555. The maximum atomic E-state index is 11.9. The van der Waals surface area contributed by atoms with Gasteiger partial charge in [-0.25, -0.2) is 13.1 Å². The summed E-state index contributed by atoms with van der Waals surface area (Å²) in [6.45, 7) is 0. The summed E-state index contributed by atoms with van der Waals surface area (Å²) in [5, 5.41) is 17.9. The van der Waals surface area contributed by atoms with E-state index >= 15 is 0 Å². The maximum Gasteiger partial charge on any atom is 0.269 e. The predicted octanol–water partition coefficient (Wildman–Crippen LogP) is 2.93. The molecule has 0 atom stereocenters. The van der Waals surface area contributed by atoms with Crippen molar-refractivity contribution in [2.45, 2.75) is 4.90 Å². The molecule has 0 amide bonds. The van der Waals surface area contributed by atoms with Crippen LogP contribution in [0.1, 0.15) is 0 Å². The molecule has 0 saturated carbocycles. The molecule has 1 aromatic heterocycles. The van der Waals surface area contributed by atoms with Crippen molar-refractivity contribution < 1.29 is 13.3 Å². The maximum absolute atomic E-state index is 11.9. The second-order valence-corrected chi connectivity index (χ2v) is 7.33. The molecule has 0 radical (unpaired) electrons. The number of nitro benzene ring substituents is 1. The number of sulfone groups is 1. The number of nitrogens with zero attached hydrogens (tertiary/aromatic N) is 3. The third-order valence-corrected chi connectivity index (χ3v) is 4.61.